The van der Waals surface area contributed by atoms with Gasteiger partial charge < -0.3 is 5.32 Å². The standard InChI is InChI=1S/C15H26N2O2S/c1-6-12(2)11-13(3)16-14-9-7-8-10-15(14)20(18,19)17(4)5/h7-10,12-13,16H,6,11H2,1-5H3. The van der Waals surface area contributed by atoms with Crippen LogP contribution in [-0.4, -0.2) is 32.9 Å². The highest BCUT2D eigenvalue weighted by atomic mass is 32.2. The Morgan fingerprint density at radius 2 is 1.80 bits per heavy atom. The van der Waals surface area contributed by atoms with Gasteiger partial charge in [-0.1, -0.05) is 32.4 Å². The number of hydrogen-bond donors (Lipinski definition) is 1. The van der Waals surface area contributed by atoms with Crippen LogP contribution >= 0.6 is 0 Å². The van der Waals surface area contributed by atoms with Crippen LogP contribution in [-0.2, 0) is 10.0 Å². The minimum absolute atomic E-state index is 0.239. The molecule has 0 heterocycles. The molecule has 0 aromatic heterocycles. The normalized spacial score (nSPS) is 15.1. The fourth-order valence-corrected chi connectivity index (χ4v) is 3.15. The molecule has 0 aliphatic heterocycles. The van der Waals surface area contributed by atoms with Crippen LogP contribution in [0.3, 0.4) is 0 Å². The van der Waals surface area contributed by atoms with E-state index < -0.39 is 10.0 Å². The molecule has 0 aliphatic rings. The average molecular weight is 298 g/mol. The Kier molecular flexibility index (Phi) is 6.02. The molecule has 1 aromatic rings. The Morgan fingerprint density at radius 1 is 1.20 bits per heavy atom. The van der Waals surface area contributed by atoms with E-state index in [1.807, 2.05) is 12.1 Å². The summed E-state index contributed by atoms with van der Waals surface area (Å²) in [5.74, 6) is 0.620. The maximum absolute atomic E-state index is 12.3. The van der Waals surface area contributed by atoms with Crippen molar-refractivity contribution >= 4 is 15.7 Å². The summed E-state index contributed by atoms with van der Waals surface area (Å²) in [6.07, 6.45) is 2.15. The summed E-state index contributed by atoms with van der Waals surface area (Å²) >= 11 is 0. The molecule has 0 radical (unpaired) electrons. The summed E-state index contributed by atoms with van der Waals surface area (Å²) in [6, 6.07) is 7.31. The Hall–Kier alpha value is -1.07. The molecule has 0 saturated heterocycles. The van der Waals surface area contributed by atoms with Crippen LogP contribution in [0.2, 0.25) is 0 Å². The molecule has 0 fully saturated rings. The van der Waals surface area contributed by atoms with Gasteiger partial charge in [0, 0.05) is 20.1 Å². The van der Waals surface area contributed by atoms with Crippen molar-refractivity contribution in [1.82, 2.24) is 4.31 Å². The first-order valence-corrected chi connectivity index (χ1v) is 8.51. The van der Waals surface area contributed by atoms with Gasteiger partial charge in [0.05, 0.1) is 5.69 Å². The van der Waals surface area contributed by atoms with Crippen LogP contribution in [0, 0.1) is 5.92 Å². The third kappa shape index (κ3) is 4.21. The number of anilines is 1. The number of hydrogen-bond acceptors (Lipinski definition) is 3. The van der Waals surface area contributed by atoms with E-state index in [9.17, 15) is 8.42 Å². The van der Waals surface area contributed by atoms with Gasteiger partial charge in [0.2, 0.25) is 10.0 Å². The average Bonchev–Trinajstić information content (AvgIpc) is 2.38. The zero-order valence-electron chi connectivity index (χ0n) is 13.1. The number of sulfonamides is 1. The Bertz CT molecular complexity index is 526. The van der Waals surface area contributed by atoms with Gasteiger partial charge in [0.25, 0.3) is 0 Å². The van der Waals surface area contributed by atoms with Gasteiger partial charge in [-0.3, -0.25) is 0 Å². The molecule has 2 unspecified atom stereocenters. The van der Waals surface area contributed by atoms with Gasteiger partial charge in [-0.25, -0.2) is 12.7 Å². The molecule has 0 amide bonds. The van der Waals surface area contributed by atoms with E-state index in [1.165, 1.54) is 4.31 Å². The second kappa shape index (κ2) is 7.09. The maximum Gasteiger partial charge on any atom is 0.244 e. The van der Waals surface area contributed by atoms with Crippen molar-refractivity contribution < 1.29 is 8.42 Å². The van der Waals surface area contributed by atoms with Gasteiger partial charge in [0.15, 0.2) is 0 Å². The van der Waals surface area contributed by atoms with Crippen molar-refractivity contribution in [2.24, 2.45) is 5.92 Å². The van der Waals surface area contributed by atoms with Gasteiger partial charge >= 0.3 is 0 Å². The fraction of sp³-hybridized carbons (Fsp3) is 0.600. The summed E-state index contributed by atoms with van der Waals surface area (Å²) in [5, 5.41) is 3.33. The molecule has 1 rings (SSSR count). The molecule has 4 nitrogen and oxygen atoms in total. The molecular formula is C15H26N2O2S. The number of rotatable bonds is 7. The van der Waals surface area contributed by atoms with E-state index in [4.69, 9.17) is 0 Å². The van der Waals surface area contributed by atoms with E-state index in [0.717, 1.165) is 12.8 Å². The van der Waals surface area contributed by atoms with E-state index in [-0.39, 0.29) is 6.04 Å². The highest BCUT2D eigenvalue weighted by Gasteiger charge is 2.21. The van der Waals surface area contributed by atoms with E-state index >= 15 is 0 Å². The highest BCUT2D eigenvalue weighted by molar-refractivity contribution is 7.89. The third-order valence-corrected chi connectivity index (χ3v) is 5.37. The molecule has 2 atom stereocenters. The van der Waals surface area contributed by atoms with Crippen LogP contribution in [0.25, 0.3) is 0 Å². The largest absolute Gasteiger partial charge is 0.381 e. The van der Waals surface area contributed by atoms with Crippen LogP contribution in [0.5, 0.6) is 0 Å². The van der Waals surface area contributed by atoms with Crippen LogP contribution in [0.4, 0.5) is 5.69 Å². The van der Waals surface area contributed by atoms with Gasteiger partial charge in [0.1, 0.15) is 4.90 Å². The van der Waals surface area contributed by atoms with Crippen LogP contribution < -0.4 is 5.32 Å². The van der Waals surface area contributed by atoms with Crippen molar-refractivity contribution in [3.8, 4) is 0 Å². The van der Waals surface area contributed by atoms with Gasteiger partial charge in [-0.15, -0.1) is 0 Å². The molecule has 0 saturated carbocycles. The van der Waals surface area contributed by atoms with Crippen molar-refractivity contribution in [3.63, 3.8) is 0 Å². The lowest BCUT2D eigenvalue weighted by atomic mass is 10.0. The quantitative estimate of drug-likeness (QED) is 0.841. The summed E-state index contributed by atoms with van der Waals surface area (Å²) in [6.45, 7) is 6.47. The summed E-state index contributed by atoms with van der Waals surface area (Å²) in [5.41, 5.74) is 0.678. The lowest BCUT2D eigenvalue weighted by molar-refractivity contribution is 0.483. The highest BCUT2D eigenvalue weighted by Crippen LogP contribution is 2.25. The van der Waals surface area contributed by atoms with Crippen LogP contribution in [0.15, 0.2) is 29.2 Å². The third-order valence-electron chi connectivity index (χ3n) is 3.50. The molecule has 0 aliphatic carbocycles. The molecule has 0 spiro atoms. The molecular weight excluding hydrogens is 272 g/mol. The molecule has 0 bridgehead atoms. The molecule has 114 valence electrons. The number of nitrogens with zero attached hydrogens (tertiary/aromatic N) is 1. The van der Waals surface area contributed by atoms with Crippen molar-refractivity contribution in [3.05, 3.63) is 24.3 Å². The summed E-state index contributed by atoms with van der Waals surface area (Å²) in [7, 11) is -0.316. The van der Waals surface area contributed by atoms with Gasteiger partial charge in [-0.2, -0.15) is 0 Å². The lowest BCUT2D eigenvalue weighted by Gasteiger charge is -2.21. The Labute approximate surface area is 123 Å². The van der Waals surface area contributed by atoms with E-state index in [2.05, 4.69) is 26.1 Å². The van der Waals surface area contributed by atoms with Gasteiger partial charge in [-0.05, 0) is 31.4 Å². The molecule has 1 aromatic carbocycles. The number of para-hydroxylation sites is 1. The SMILES string of the molecule is CCC(C)CC(C)Nc1ccccc1S(=O)(=O)N(C)C. The van der Waals surface area contributed by atoms with Crippen molar-refractivity contribution in [2.45, 2.75) is 44.6 Å². The first-order chi connectivity index (χ1) is 9.28. The molecule has 20 heavy (non-hydrogen) atoms. The first-order valence-electron chi connectivity index (χ1n) is 7.07. The van der Waals surface area contributed by atoms with Crippen molar-refractivity contribution in [2.75, 3.05) is 19.4 Å². The zero-order chi connectivity index (χ0) is 15.3. The van der Waals surface area contributed by atoms with Crippen molar-refractivity contribution in [1.29, 1.82) is 0 Å². The number of benzene rings is 1. The minimum Gasteiger partial charge on any atom is -0.381 e. The fourth-order valence-electron chi connectivity index (χ4n) is 2.10. The first kappa shape index (κ1) is 17.0. The Balaban J connectivity index is 2.98. The zero-order valence-corrected chi connectivity index (χ0v) is 13.9. The Morgan fingerprint density at radius 3 is 2.35 bits per heavy atom. The molecule has 5 heteroatoms. The molecule has 1 N–H and O–H groups in total. The van der Waals surface area contributed by atoms with E-state index in [0.29, 0.717) is 16.5 Å². The predicted molar refractivity (Wildman–Crippen MR) is 84.5 cm³/mol. The monoisotopic (exact) mass is 298 g/mol. The maximum atomic E-state index is 12.3. The van der Waals surface area contributed by atoms with Crippen LogP contribution in [0.1, 0.15) is 33.6 Å². The predicted octanol–water partition coefficient (Wildman–Crippen LogP) is 3.17. The van der Waals surface area contributed by atoms with E-state index in [1.54, 1.807) is 26.2 Å². The smallest absolute Gasteiger partial charge is 0.244 e. The minimum atomic E-state index is -3.42. The summed E-state index contributed by atoms with van der Waals surface area (Å²) < 4.78 is 25.8. The number of nitrogens with one attached hydrogen (secondary N) is 1. The second-order valence-corrected chi connectivity index (χ2v) is 7.70. The summed E-state index contributed by atoms with van der Waals surface area (Å²) in [4.78, 5) is 0.334. The lowest BCUT2D eigenvalue weighted by Crippen LogP contribution is -2.25. The second-order valence-electron chi connectivity index (χ2n) is 5.58. The topological polar surface area (TPSA) is 49.4 Å².